The smallest absolute Gasteiger partial charge is 0.136 e. The Kier molecular flexibility index (Phi) is 2.93. The standard InChI is InChI=1S/C18H15N7/c1-23-11-14(8-21-23)13-6-17-16(19-7-13)10-22-25(17)12-15-9-20-18-4-2-3-5-24(15)18/h2-11H,12H2,1H3. The lowest BCUT2D eigenvalue weighted by molar-refractivity contribution is 0.692. The first kappa shape index (κ1) is 13.9. The van der Waals surface area contributed by atoms with E-state index in [4.69, 9.17) is 0 Å². The van der Waals surface area contributed by atoms with Crippen molar-refractivity contribution in [1.82, 2.24) is 33.9 Å². The van der Waals surface area contributed by atoms with Gasteiger partial charge in [-0.3, -0.25) is 14.3 Å². The van der Waals surface area contributed by atoms with E-state index in [-0.39, 0.29) is 0 Å². The number of aryl methyl sites for hydroxylation is 1. The van der Waals surface area contributed by atoms with Gasteiger partial charge in [-0.1, -0.05) is 6.07 Å². The first-order valence-electron chi connectivity index (χ1n) is 7.99. The van der Waals surface area contributed by atoms with Crippen molar-refractivity contribution < 1.29 is 0 Å². The third-order valence-electron chi connectivity index (χ3n) is 4.34. The van der Waals surface area contributed by atoms with Gasteiger partial charge in [0.15, 0.2) is 0 Å². The van der Waals surface area contributed by atoms with Crippen molar-refractivity contribution in [3.63, 3.8) is 0 Å². The normalized spacial score (nSPS) is 11.6. The Hall–Kier alpha value is -3.48. The summed E-state index contributed by atoms with van der Waals surface area (Å²) in [6, 6.07) is 8.09. The topological polar surface area (TPSA) is 65.8 Å². The Morgan fingerprint density at radius 3 is 2.80 bits per heavy atom. The monoisotopic (exact) mass is 329 g/mol. The molecule has 122 valence electrons. The Balaban J connectivity index is 1.59. The average molecular weight is 329 g/mol. The second-order valence-electron chi connectivity index (χ2n) is 6.01. The molecule has 25 heavy (non-hydrogen) atoms. The van der Waals surface area contributed by atoms with Crippen molar-refractivity contribution >= 4 is 16.7 Å². The van der Waals surface area contributed by atoms with Crippen molar-refractivity contribution in [2.24, 2.45) is 7.05 Å². The summed E-state index contributed by atoms with van der Waals surface area (Å²) in [5.41, 5.74) is 5.95. The lowest BCUT2D eigenvalue weighted by atomic mass is 10.1. The number of rotatable bonds is 3. The molecule has 0 bridgehead atoms. The van der Waals surface area contributed by atoms with E-state index in [1.807, 2.05) is 60.9 Å². The number of nitrogens with zero attached hydrogens (tertiary/aromatic N) is 7. The molecule has 5 heterocycles. The number of hydrogen-bond donors (Lipinski definition) is 0. The predicted octanol–water partition coefficient (Wildman–Crippen LogP) is 2.53. The molecule has 5 aromatic heterocycles. The van der Waals surface area contributed by atoms with Gasteiger partial charge in [-0.15, -0.1) is 0 Å². The molecular formula is C18H15N7. The van der Waals surface area contributed by atoms with Crippen LogP contribution in [-0.2, 0) is 13.6 Å². The van der Waals surface area contributed by atoms with Crippen LogP contribution in [0, 0.1) is 0 Å². The van der Waals surface area contributed by atoms with E-state index in [0.717, 1.165) is 33.5 Å². The minimum absolute atomic E-state index is 0.632. The molecule has 0 saturated heterocycles. The second kappa shape index (κ2) is 5.27. The van der Waals surface area contributed by atoms with E-state index in [1.165, 1.54) is 0 Å². The van der Waals surface area contributed by atoms with Crippen LogP contribution in [0.5, 0.6) is 0 Å². The fourth-order valence-corrected chi connectivity index (χ4v) is 3.07. The molecule has 5 rings (SSSR count). The van der Waals surface area contributed by atoms with Gasteiger partial charge in [0, 0.05) is 36.8 Å². The minimum atomic E-state index is 0.632. The van der Waals surface area contributed by atoms with Crippen LogP contribution < -0.4 is 0 Å². The van der Waals surface area contributed by atoms with Crippen LogP contribution in [0.25, 0.3) is 27.8 Å². The van der Waals surface area contributed by atoms with Crippen LogP contribution in [0.3, 0.4) is 0 Å². The number of fused-ring (bicyclic) bond motifs is 2. The van der Waals surface area contributed by atoms with E-state index in [0.29, 0.717) is 6.54 Å². The Bertz CT molecular complexity index is 1190. The average Bonchev–Trinajstić information content (AvgIpc) is 3.35. The summed E-state index contributed by atoms with van der Waals surface area (Å²) >= 11 is 0. The summed E-state index contributed by atoms with van der Waals surface area (Å²) in [5.74, 6) is 0. The highest BCUT2D eigenvalue weighted by molar-refractivity contribution is 5.80. The number of aromatic nitrogens is 7. The highest BCUT2D eigenvalue weighted by atomic mass is 15.3. The van der Waals surface area contributed by atoms with E-state index in [2.05, 4.69) is 30.6 Å². The lowest BCUT2D eigenvalue weighted by Crippen LogP contribution is -2.04. The van der Waals surface area contributed by atoms with E-state index < -0.39 is 0 Å². The number of hydrogen-bond acceptors (Lipinski definition) is 4. The Morgan fingerprint density at radius 1 is 0.960 bits per heavy atom. The maximum atomic E-state index is 4.54. The predicted molar refractivity (Wildman–Crippen MR) is 94.0 cm³/mol. The molecule has 5 aromatic rings. The van der Waals surface area contributed by atoms with Gasteiger partial charge in [-0.2, -0.15) is 10.2 Å². The number of imidazole rings is 1. The highest BCUT2D eigenvalue weighted by Gasteiger charge is 2.10. The summed E-state index contributed by atoms with van der Waals surface area (Å²) in [4.78, 5) is 8.98. The fraction of sp³-hybridized carbons (Fsp3) is 0.111. The summed E-state index contributed by atoms with van der Waals surface area (Å²) in [6.45, 7) is 0.632. The van der Waals surface area contributed by atoms with Crippen LogP contribution in [0.4, 0.5) is 0 Å². The third-order valence-corrected chi connectivity index (χ3v) is 4.34. The molecule has 0 amide bonds. The Morgan fingerprint density at radius 2 is 1.92 bits per heavy atom. The lowest BCUT2D eigenvalue weighted by Gasteiger charge is -2.05. The van der Waals surface area contributed by atoms with Crippen LogP contribution in [0.1, 0.15) is 5.69 Å². The molecule has 0 N–H and O–H groups in total. The molecule has 7 nitrogen and oxygen atoms in total. The molecule has 0 aliphatic heterocycles. The van der Waals surface area contributed by atoms with Gasteiger partial charge in [-0.05, 0) is 18.2 Å². The molecule has 7 heteroatoms. The molecular weight excluding hydrogens is 314 g/mol. The molecule has 0 saturated carbocycles. The molecule has 0 spiro atoms. The molecule has 0 aliphatic carbocycles. The van der Waals surface area contributed by atoms with Crippen molar-refractivity contribution in [1.29, 1.82) is 0 Å². The van der Waals surface area contributed by atoms with E-state index in [9.17, 15) is 0 Å². The van der Waals surface area contributed by atoms with E-state index in [1.54, 1.807) is 10.9 Å². The summed E-state index contributed by atoms with van der Waals surface area (Å²) in [6.07, 6.45) is 11.4. The Labute approximate surface area is 143 Å². The first-order chi connectivity index (χ1) is 12.3. The first-order valence-corrected chi connectivity index (χ1v) is 7.99. The highest BCUT2D eigenvalue weighted by Crippen LogP contribution is 2.22. The maximum absolute atomic E-state index is 4.54. The molecule has 0 atom stereocenters. The van der Waals surface area contributed by atoms with Crippen LogP contribution in [0.15, 0.2) is 61.4 Å². The van der Waals surface area contributed by atoms with Gasteiger partial charge in [0.2, 0.25) is 0 Å². The molecule has 0 aromatic carbocycles. The maximum Gasteiger partial charge on any atom is 0.136 e. The van der Waals surface area contributed by atoms with E-state index >= 15 is 0 Å². The van der Waals surface area contributed by atoms with Gasteiger partial charge >= 0.3 is 0 Å². The quantitative estimate of drug-likeness (QED) is 0.510. The summed E-state index contributed by atoms with van der Waals surface area (Å²) in [5, 5.41) is 8.74. The van der Waals surface area contributed by atoms with Gasteiger partial charge < -0.3 is 4.40 Å². The van der Waals surface area contributed by atoms with Gasteiger partial charge in [0.1, 0.15) is 11.2 Å². The van der Waals surface area contributed by atoms with Crippen LogP contribution in [-0.4, -0.2) is 33.9 Å². The third kappa shape index (κ3) is 2.28. The zero-order valence-electron chi connectivity index (χ0n) is 13.6. The van der Waals surface area contributed by atoms with Gasteiger partial charge in [0.05, 0.1) is 36.3 Å². The van der Waals surface area contributed by atoms with Crippen molar-refractivity contribution in [2.45, 2.75) is 6.54 Å². The summed E-state index contributed by atoms with van der Waals surface area (Å²) in [7, 11) is 1.91. The van der Waals surface area contributed by atoms with Crippen LogP contribution >= 0.6 is 0 Å². The zero-order valence-corrected chi connectivity index (χ0v) is 13.6. The second-order valence-corrected chi connectivity index (χ2v) is 6.01. The molecule has 0 fully saturated rings. The van der Waals surface area contributed by atoms with Crippen molar-refractivity contribution in [3.05, 3.63) is 67.1 Å². The van der Waals surface area contributed by atoms with Crippen molar-refractivity contribution in [3.8, 4) is 11.1 Å². The largest absolute Gasteiger partial charge is 0.302 e. The molecule has 0 aliphatic rings. The van der Waals surface area contributed by atoms with Gasteiger partial charge in [-0.25, -0.2) is 4.98 Å². The minimum Gasteiger partial charge on any atom is -0.302 e. The van der Waals surface area contributed by atoms with Crippen molar-refractivity contribution in [2.75, 3.05) is 0 Å². The van der Waals surface area contributed by atoms with Gasteiger partial charge in [0.25, 0.3) is 0 Å². The zero-order chi connectivity index (χ0) is 16.8. The van der Waals surface area contributed by atoms with Crippen LogP contribution in [0.2, 0.25) is 0 Å². The summed E-state index contributed by atoms with van der Waals surface area (Å²) < 4.78 is 5.82. The molecule has 0 radical (unpaired) electrons. The number of pyridine rings is 2. The molecule has 0 unspecified atom stereocenters. The SMILES string of the molecule is Cn1cc(-c2cnc3cnn(Cc4cnc5ccccn45)c3c2)cn1. The fourth-order valence-electron chi connectivity index (χ4n) is 3.07.